The predicted octanol–water partition coefficient (Wildman–Crippen LogP) is 3.24. The maximum atomic E-state index is 12.5. The van der Waals surface area contributed by atoms with E-state index in [1.165, 1.54) is 42.8 Å². The Bertz CT molecular complexity index is 659. The number of fused-ring (bicyclic) bond motifs is 3. The van der Waals surface area contributed by atoms with Gasteiger partial charge in [0, 0.05) is 12.6 Å². The Balaban J connectivity index is 1.46. The molecule has 3 fully saturated rings. The van der Waals surface area contributed by atoms with Crippen molar-refractivity contribution < 1.29 is 4.79 Å². The van der Waals surface area contributed by atoms with Gasteiger partial charge in [-0.3, -0.25) is 4.79 Å². The van der Waals surface area contributed by atoms with Crippen molar-refractivity contribution in [1.29, 1.82) is 0 Å². The molecule has 0 radical (unpaired) electrons. The summed E-state index contributed by atoms with van der Waals surface area (Å²) in [4.78, 5) is 15.8. The van der Waals surface area contributed by atoms with Gasteiger partial charge in [-0.2, -0.15) is 0 Å². The van der Waals surface area contributed by atoms with Crippen LogP contribution in [0.4, 0.5) is 0 Å². The largest absolute Gasteiger partial charge is 0.347 e. The topological polar surface area (TPSA) is 32.3 Å². The second-order valence-electron chi connectivity index (χ2n) is 6.28. The highest BCUT2D eigenvalue weighted by Gasteiger charge is 2.35. The fourth-order valence-electron chi connectivity index (χ4n) is 3.61. The van der Waals surface area contributed by atoms with Crippen LogP contribution in [-0.2, 0) is 0 Å². The molecule has 0 spiro atoms. The quantitative estimate of drug-likeness (QED) is 0.943. The van der Waals surface area contributed by atoms with Crippen molar-refractivity contribution in [3.63, 3.8) is 0 Å². The minimum atomic E-state index is 0.0888. The van der Waals surface area contributed by atoms with Gasteiger partial charge in [-0.05, 0) is 54.4 Å². The molecule has 5 rings (SSSR count). The smallest absolute Gasteiger partial charge is 0.261 e. The fourth-order valence-corrected chi connectivity index (χ4v) is 4.42. The normalized spacial score (nSPS) is 26.8. The number of hydrogen-bond acceptors (Lipinski definition) is 3. The number of thiophene rings is 1. The summed E-state index contributed by atoms with van der Waals surface area (Å²) in [5.74, 6) is 0.758. The highest BCUT2D eigenvalue weighted by atomic mass is 32.1. The first kappa shape index (κ1) is 14.0. The molecule has 0 unspecified atom stereocenters. The molecule has 1 N–H and O–H groups in total. The maximum Gasteiger partial charge on any atom is 0.261 e. The summed E-state index contributed by atoms with van der Waals surface area (Å²) in [6.07, 6.45) is 2.45. The van der Waals surface area contributed by atoms with Crippen molar-refractivity contribution in [3.8, 4) is 11.1 Å². The zero-order valence-electron chi connectivity index (χ0n) is 12.5. The van der Waals surface area contributed by atoms with Crippen molar-refractivity contribution >= 4 is 17.2 Å². The first-order valence-corrected chi connectivity index (χ1v) is 8.85. The summed E-state index contributed by atoms with van der Waals surface area (Å²) in [5.41, 5.74) is 2.30. The molecule has 2 bridgehead atoms. The number of piperidine rings is 3. The Morgan fingerprint density at radius 3 is 2.59 bits per heavy atom. The van der Waals surface area contributed by atoms with E-state index in [0.29, 0.717) is 12.0 Å². The molecule has 114 valence electrons. The molecule has 1 aromatic heterocycles. The molecule has 1 aromatic carbocycles. The third kappa shape index (κ3) is 2.69. The molecule has 3 aliphatic rings. The molecule has 0 aliphatic carbocycles. The molecule has 22 heavy (non-hydrogen) atoms. The standard InChI is InChI=1S/C18H20N2OS/c21-18(19-16-11-20-8-6-14(16)7-9-20)17-10-15(12-22-17)13-4-2-1-3-5-13/h1-5,10,12,14,16H,6-9,11H2,(H,19,21)/t16-/m0/s1. The van der Waals surface area contributed by atoms with E-state index in [2.05, 4.69) is 27.7 Å². The number of hydrogen-bond donors (Lipinski definition) is 1. The average molecular weight is 312 g/mol. The van der Waals surface area contributed by atoms with Crippen LogP contribution < -0.4 is 5.32 Å². The Hall–Kier alpha value is -1.65. The minimum Gasteiger partial charge on any atom is -0.347 e. The van der Waals surface area contributed by atoms with Crippen LogP contribution in [0.25, 0.3) is 11.1 Å². The van der Waals surface area contributed by atoms with E-state index >= 15 is 0 Å². The Morgan fingerprint density at radius 1 is 1.14 bits per heavy atom. The Morgan fingerprint density at radius 2 is 1.91 bits per heavy atom. The molecule has 4 heteroatoms. The third-order valence-electron chi connectivity index (χ3n) is 4.90. The summed E-state index contributed by atoms with van der Waals surface area (Å²) in [6.45, 7) is 3.43. The lowest BCUT2D eigenvalue weighted by Gasteiger charge is -2.44. The minimum absolute atomic E-state index is 0.0888. The number of benzene rings is 1. The van der Waals surface area contributed by atoms with Crippen LogP contribution in [0.3, 0.4) is 0 Å². The van der Waals surface area contributed by atoms with E-state index in [0.717, 1.165) is 17.0 Å². The second-order valence-corrected chi connectivity index (χ2v) is 7.19. The SMILES string of the molecule is O=C(N[C@H]1CN2CCC1CC2)c1cc(-c2ccccc2)cs1. The lowest BCUT2D eigenvalue weighted by Crippen LogP contribution is -2.57. The first-order chi connectivity index (χ1) is 10.8. The van der Waals surface area contributed by atoms with Crippen molar-refractivity contribution in [3.05, 3.63) is 46.7 Å². The van der Waals surface area contributed by atoms with Crippen LogP contribution in [0, 0.1) is 5.92 Å². The van der Waals surface area contributed by atoms with E-state index in [4.69, 9.17) is 0 Å². The van der Waals surface area contributed by atoms with E-state index < -0.39 is 0 Å². The van der Waals surface area contributed by atoms with Gasteiger partial charge in [-0.1, -0.05) is 30.3 Å². The molecule has 3 saturated heterocycles. The first-order valence-electron chi connectivity index (χ1n) is 7.97. The van der Waals surface area contributed by atoms with Crippen molar-refractivity contribution in [2.45, 2.75) is 18.9 Å². The number of amides is 1. The van der Waals surface area contributed by atoms with E-state index in [-0.39, 0.29) is 5.91 Å². The Kier molecular flexibility index (Phi) is 3.72. The molecule has 1 amide bonds. The molecule has 3 nitrogen and oxygen atoms in total. The summed E-state index contributed by atoms with van der Waals surface area (Å²) in [7, 11) is 0. The van der Waals surface area contributed by atoms with Gasteiger partial charge in [-0.25, -0.2) is 0 Å². The van der Waals surface area contributed by atoms with Crippen LogP contribution in [0.1, 0.15) is 22.5 Å². The zero-order valence-corrected chi connectivity index (χ0v) is 13.3. The van der Waals surface area contributed by atoms with Gasteiger partial charge in [0.15, 0.2) is 0 Å². The van der Waals surface area contributed by atoms with Gasteiger partial charge in [0.05, 0.1) is 4.88 Å². The molecule has 3 aliphatic heterocycles. The van der Waals surface area contributed by atoms with E-state index in [9.17, 15) is 4.79 Å². The van der Waals surface area contributed by atoms with Gasteiger partial charge >= 0.3 is 0 Å². The van der Waals surface area contributed by atoms with Gasteiger partial charge in [0.2, 0.25) is 0 Å². The molecule has 1 atom stereocenters. The molecular weight excluding hydrogens is 292 g/mol. The van der Waals surface area contributed by atoms with Crippen molar-refractivity contribution in [2.75, 3.05) is 19.6 Å². The zero-order chi connectivity index (χ0) is 14.9. The lowest BCUT2D eigenvalue weighted by molar-refractivity contribution is 0.0622. The van der Waals surface area contributed by atoms with Gasteiger partial charge in [0.1, 0.15) is 0 Å². The third-order valence-corrected chi connectivity index (χ3v) is 5.83. The molecule has 0 saturated carbocycles. The van der Waals surface area contributed by atoms with Crippen molar-refractivity contribution in [2.24, 2.45) is 5.92 Å². The molecule has 4 heterocycles. The van der Waals surface area contributed by atoms with Crippen molar-refractivity contribution in [1.82, 2.24) is 10.2 Å². The second kappa shape index (κ2) is 5.86. The summed E-state index contributed by atoms with van der Waals surface area (Å²) >= 11 is 1.54. The number of nitrogens with one attached hydrogen (secondary N) is 1. The molecular formula is C18H20N2OS. The summed E-state index contributed by atoms with van der Waals surface area (Å²) in [6, 6.07) is 12.6. The number of rotatable bonds is 3. The Labute approximate surface area is 135 Å². The van der Waals surface area contributed by atoms with Gasteiger partial charge < -0.3 is 10.2 Å². The van der Waals surface area contributed by atoms with Crippen LogP contribution in [0.5, 0.6) is 0 Å². The van der Waals surface area contributed by atoms with Crippen LogP contribution in [-0.4, -0.2) is 36.5 Å². The predicted molar refractivity (Wildman–Crippen MR) is 90.2 cm³/mol. The van der Waals surface area contributed by atoms with Crippen LogP contribution in [0.2, 0.25) is 0 Å². The van der Waals surface area contributed by atoms with Gasteiger partial charge in [0.25, 0.3) is 5.91 Å². The number of carbonyl (C=O) groups excluding carboxylic acids is 1. The van der Waals surface area contributed by atoms with Crippen LogP contribution >= 0.6 is 11.3 Å². The summed E-state index contributed by atoms with van der Waals surface area (Å²) < 4.78 is 0. The average Bonchev–Trinajstić information content (AvgIpc) is 3.07. The fraction of sp³-hybridized carbons (Fsp3) is 0.389. The number of nitrogens with zero attached hydrogens (tertiary/aromatic N) is 1. The number of carbonyl (C=O) groups is 1. The summed E-state index contributed by atoms with van der Waals surface area (Å²) in [5, 5.41) is 5.33. The highest BCUT2D eigenvalue weighted by molar-refractivity contribution is 7.12. The van der Waals surface area contributed by atoms with Crippen LogP contribution in [0.15, 0.2) is 41.8 Å². The highest BCUT2D eigenvalue weighted by Crippen LogP contribution is 2.29. The van der Waals surface area contributed by atoms with Gasteiger partial charge in [-0.15, -0.1) is 11.3 Å². The van der Waals surface area contributed by atoms with E-state index in [1.54, 1.807) is 0 Å². The molecule has 2 aromatic rings. The van der Waals surface area contributed by atoms with E-state index in [1.807, 2.05) is 24.3 Å². The maximum absolute atomic E-state index is 12.5. The monoisotopic (exact) mass is 312 g/mol. The lowest BCUT2D eigenvalue weighted by atomic mass is 9.84.